The topological polar surface area (TPSA) is 83.9 Å². The van der Waals surface area contributed by atoms with E-state index < -0.39 is 5.97 Å². The van der Waals surface area contributed by atoms with Gasteiger partial charge in [0.05, 0.1) is 17.0 Å². The maximum Gasteiger partial charge on any atom is 0.335 e. The van der Waals surface area contributed by atoms with Crippen molar-refractivity contribution in [3.8, 4) is 5.75 Å². The highest BCUT2D eigenvalue weighted by Crippen LogP contribution is 2.32. The lowest BCUT2D eigenvalue weighted by Crippen LogP contribution is -2.32. The molecule has 2 amide bonds. The van der Waals surface area contributed by atoms with Gasteiger partial charge in [-0.25, -0.2) is 4.79 Å². The van der Waals surface area contributed by atoms with Gasteiger partial charge in [-0.05, 0) is 66.6 Å². The number of rotatable bonds is 6. The standard InChI is InChI=1S/C21H19NO5S/c1-13-3-4-14(2)17(11-13)27-10-9-22-19(23)18(28-21(22)26)12-15-5-7-16(8-6-15)20(24)25/h3-8,11-12H,9-10H2,1-2H3,(H,24,25)/b18-12-. The molecule has 0 aliphatic carbocycles. The van der Waals surface area contributed by atoms with Crippen molar-refractivity contribution in [3.05, 3.63) is 69.6 Å². The van der Waals surface area contributed by atoms with E-state index >= 15 is 0 Å². The van der Waals surface area contributed by atoms with Crippen LogP contribution >= 0.6 is 11.8 Å². The summed E-state index contributed by atoms with van der Waals surface area (Å²) in [5, 5.41) is 8.59. The molecule has 1 aliphatic rings. The monoisotopic (exact) mass is 397 g/mol. The summed E-state index contributed by atoms with van der Waals surface area (Å²) in [6, 6.07) is 12.0. The molecule has 3 rings (SSSR count). The number of carboxylic acid groups (broad SMARTS) is 1. The average molecular weight is 397 g/mol. The Balaban J connectivity index is 1.64. The summed E-state index contributed by atoms with van der Waals surface area (Å²) in [4.78, 5) is 37.1. The lowest BCUT2D eigenvalue weighted by molar-refractivity contribution is -0.123. The predicted molar refractivity (Wildman–Crippen MR) is 107 cm³/mol. The number of imide groups is 1. The number of carboxylic acids is 1. The third-order valence-electron chi connectivity index (χ3n) is 4.25. The number of benzene rings is 2. The van der Waals surface area contributed by atoms with Gasteiger partial charge in [0.15, 0.2) is 0 Å². The molecule has 6 nitrogen and oxygen atoms in total. The summed E-state index contributed by atoms with van der Waals surface area (Å²) in [5.74, 6) is -0.654. The maximum absolute atomic E-state index is 12.5. The van der Waals surface area contributed by atoms with Crippen LogP contribution in [0.5, 0.6) is 5.75 Å². The van der Waals surface area contributed by atoms with Crippen molar-refractivity contribution in [2.24, 2.45) is 0 Å². The van der Waals surface area contributed by atoms with Gasteiger partial charge >= 0.3 is 5.97 Å². The van der Waals surface area contributed by atoms with E-state index in [1.54, 1.807) is 18.2 Å². The number of ether oxygens (including phenoxy) is 1. The van der Waals surface area contributed by atoms with Crippen LogP contribution in [0.4, 0.5) is 4.79 Å². The minimum atomic E-state index is -1.02. The van der Waals surface area contributed by atoms with Gasteiger partial charge in [0, 0.05) is 0 Å². The minimum absolute atomic E-state index is 0.160. The van der Waals surface area contributed by atoms with Crippen molar-refractivity contribution >= 4 is 35.0 Å². The molecule has 2 aromatic rings. The number of nitrogens with zero attached hydrogens (tertiary/aromatic N) is 1. The largest absolute Gasteiger partial charge is 0.491 e. The van der Waals surface area contributed by atoms with Crippen LogP contribution in [0.2, 0.25) is 0 Å². The van der Waals surface area contributed by atoms with E-state index in [0.29, 0.717) is 10.5 Å². The summed E-state index contributed by atoms with van der Waals surface area (Å²) < 4.78 is 5.73. The Morgan fingerprint density at radius 2 is 1.86 bits per heavy atom. The highest BCUT2D eigenvalue weighted by molar-refractivity contribution is 8.18. The van der Waals surface area contributed by atoms with Crippen LogP contribution < -0.4 is 4.74 Å². The van der Waals surface area contributed by atoms with Crippen LogP contribution in [0.15, 0.2) is 47.4 Å². The summed E-state index contributed by atoms with van der Waals surface area (Å²) in [5.41, 5.74) is 2.88. The van der Waals surface area contributed by atoms with E-state index in [4.69, 9.17) is 9.84 Å². The number of aromatic carboxylic acids is 1. The summed E-state index contributed by atoms with van der Waals surface area (Å²) in [7, 11) is 0. The van der Waals surface area contributed by atoms with Gasteiger partial charge in [0.25, 0.3) is 11.1 Å². The summed E-state index contributed by atoms with van der Waals surface area (Å²) >= 11 is 0.866. The van der Waals surface area contributed by atoms with E-state index in [-0.39, 0.29) is 29.9 Å². The Labute approximate surface area is 166 Å². The molecule has 0 aromatic heterocycles. The molecular weight excluding hydrogens is 378 g/mol. The van der Waals surface area contributed by atoms with E-state index in [9.17, 15) is 14.4 Å². The third-order valence-corrected chi connectivity index (χ3v) is 5.15. The second kappa shape index (κ2) is 8.31. The Bertz CT molecular complexity index is 965. The summed E-state index contributed by atoms with van der Waals surface area (Å²) in [6.07, 6.45) is 1.59. The zero-order valence-corrected chi connectivity index (χ0v) is 16.3. The van der Waals surface area contributed by atoms with Crippen LogP contribution in [0, 0.1) is 13.8 Å². The molecule has 1 fully saturated rings. The van der Waals surface area contributed by atoms with Crippen LogP contribution in [-0.2, 0) is 4.79 Å². The van der Waals surface area contributed by atoms with E-state index in [1.807, 2.05) is 32.0 Å². The molecule has 0 atom stereocenters. The molecule has 2 aromatic carbocycles. The first kappa shape index (κ1) is 19.7. The Morgan fingerprint density at radius 3 is 2.54 bits per heavy atom. The fraction of sp³-hybridized carbons (Fsp3) is 0.190. The second-order valence-electron chi connectivity index (χ2n) is 6.38. The first-order valence-electron chi connectivity index (χ1n) is 8.64. The van der Waals surface area contributed by atoms with Crippen molar-refractivity contribution < 1.29 is 24.2 Å². The van der Waals surface area contributed by atoms with Crippen molar-refractivity contribution in [2.45, 2.75) is 13.8 Å². The lowest BCUT2D eigenvalue weighted by atomic mass is 10.1. The highest BCUT2D eigenvalue weighted by atomic mass is 32.2. The molecule has 1 N–H and O–H groups in total. The zero-order chi connectivity index (χ0) is 20.3. The van der Waals surface area contributed by atoms with Crippen molar-refractivity contribution in [1.29, 1.82) is 0 Å². The molecule has 0 bridgehead atoms. The number of hydrogen-bond acceptors (Lipinski definition) is 5. The fourth-order valence-electron chi connectivity index (χ4n) is 2.68. The van der Waals surface area contributed by atoms with Gasteiger partial charge in [-0.15, -0.1) is 0 Å². The number of carbonyl (C=O) groups is 3. The van der Waals surface area contributed by atoms with E-state index in [1.165, 1.54) is 12.1 Å². The second-order valence-corrected chi connectivity index (χ2v) is 7.37. The van der Waals surface area contributed by atoms with Crippen LogP contribution in [0.25, 0.3) is 6.08 Å². The first-order valence-corrected chi connectivity index (χ1v) is 9.45. The molecule has 1 aliphatic heterocycles. The molecule has 1 heterocycles. The SMILES string of the molecule is Cc1ccc(C)c(OCCN2C(=O)S/C(=C\c3ccc(C(=O)O)cc3)C2=O)c1. The molecule has 0 unspecified atom stereocenters. The molecule has 0 radical (unpaired) electrons. The van der Waals surface area contributed by atoms with Gasteiger partial charge in [-0.1, -0.05) is 24.3 Å². The Morgan fingerprint density at radius 1 is 1.14 bits per heavy atom. The van der Waals surface area contributed by atoms with Crippen LogP contribution in [0.1, 0.15) is 27.0 Å². The Kier molecular flexibility index (Phi) is 5.84. The highest BCUT2D eigenvalue weighted by Gasteiger charge is 2.34. The zero-order valence-electron chi connectivity index (χ0n) is 15.5. The summed E-state index contributed by atoms with van der Waals surface area (Å²) in [6.45, 7) is 4.28. The average Bonchev–Trinajstić information content (AvgIpc) is 2.92. The fourth-order valence-corrected chi connectivity index (χ4v) is 3.54. The quantitative estimate of drug-likeness (QED) is 0.739. The molecule has 1 saturated heterocycles. The van der Waals surface area contributed by atoms with Crippen LogP contribution in [0.3, 0.4) is 0 Å². The molecular formula is C21H19NO5S. The number of carbonyl (C=O) groups excluding carboxylic acids is 2. The molecule has 7 heteroatoms. The molecule has 28 heavy (non-hydrogen) atoms. The van der Waals surface area contributed by atoms with Gasteiger partial charge in [0.1, 0.15) is 12.4 Å². The number of hydrogen-bond donors (Lipinski definition) is 1. The lowest BCUT2D eigenvalue weighted by Gasteiger charge is -2.14. The van der Waals surface area contributed by atoms with Crippen molar-refractivity contribution in [3.63, 3.8) is 0 Å². The van der Waals surface area contributed by atoms with Gasteiger partial charge in [-0.2, -0.15) is 0 Å². The van der Waals surface area contributed by atoms with Crippen molar-refractivity contribution in [1.82, 2.24) is 4.90 Å². The minimum Gasteiger partial charge on any atom is -0.491 e. The molecule has 0 spiro atoms. The number of aryl methyl sites for hydroxylation is 2. The van der Waals surface area contributed by atoms with Gasteiger partial charge < -0.3 is 9.84 Å². The van der Waals surface area contributed by atoms with Gasteiger partial charge in [-0.3, -0.25) is 14.5 Å². The van der Waals surface area contributed by atoms with E-state index in [0.717, 1.165) is 33.5 Å². The Hall–Kier alpha value is -3.06. The number of amides is 2. The normalized spacial score (nSPS) is 15.4. The molecule has 0 saturated carbocycles. The van der Waals surface area contributed by atoms with Crippen LogP contribution in [-0.4, -0.2) is 40.3 Å². The van der Waals surface area contributed by atoms with E-state index in [2.05, 4.69) is 0 Å². The first-order chi connectivity index (χ1) is 13.3. The van der Waals surface area contributed by atoms with Crippen molar-refractivity contribution in [2.75, 3.05) is 13.2 Å². The smallest absolute Gasteiger partial charge is 0.335 e. The number of thioether (sulfide) groups is 1. The third kappa shape index (κ3) is 4.43. The molecule has 144 valence electrons. The van der Waals surface area contributed by atoms with Gasteiger partial charge in [0.2, 0.25) is 0 Å². The predicted octanol–water partition coefficient (Wildman–Crippen LogP) is 4.12. The maximum atomic E-state index is 12.5.